The molecule has 6 nitrogen and oxygen atoms in total. The first-order valence-corrected chi connectivity index (χ1v) is 8.09. The molecule has 2 amide bonds. The van der Waals surface area contributed by atoms with Crippen LogP contribution < -0.4 is 5.32 Å². The average molecular weight is 328 g/mol. The van der Waals surface area contributed by atoms with Crippen LogP contribution in [0.4, 0.5) is 0 Å². The fourth-order valence-corrected chi connectivity index (χ4v) is 2.49. The van der Waals surface area contributed by atoms with Crippen LogP contribution in [0.2, 0.25) is 0 Å². The lowest BCUT2D eigenvalue weighted by atomic mass is 10.2. The topological polar surface area (TPSA) is 67.2 Å². The van der Waals surface area contributed by atoms with Gasteiger partial charge < -0.3 is 14.8 Å². The van der Waals surface area contributed by atoms with Gasteiger partial charge in [-0.3, -0.25) is 9.59 Å². The van der Waals surface area contributed by atoms with Gasteiger partial charge in [0, 0.05) is 51.4 Å². The van der Waals surface area contributed by atoms with E-state index >= 15 is 0 Å². The number of aromatic nitrogens is 2. The highest BCUT2D eigenvalue weighted by Crippen LogP contribution is 2.05. The van der Waals surface area contributed by atoms with Gasteiger partial charge in [-0.25, -0.2) is 4.98 Å². The molecule has 1 N–H and O–H groups in total. The summed E-state index contributed by atoms with van der Waals surface area (Å²) in [6.45, 7) is 5.08. The summed E-state index contributed by atoms with van der Waals surface area (Å²) in [4.78, 5) is 29.5. The quantitative estimate of drug-likeness (QED) is 0.804. The van der Waals surface area contributed by atoms with Crippen LogP contribution in [0.3, 0.4) is 0 Å². The molecule has 0 saturated heterocycles. The van der Waals surface area contributed by atoms with Crippen LogP contribution in [0.15, 0.2) is 49.1 Å². The van der Waals surface area contributed by atoms with E-state index in [4.69, 9.17) is 0 Å². The van der Waals surface area contributed by atoms with Gasteiger partial charge in [0.1, 0.15) is 0 Å². The molecule has 1 aromatic carbocycles. The number of hydrogen-bond acceptors (Lipinski definition) is 3. The zero-order chi connectivity index (χ0) is 17.4. The van der Waals surface area contributed by atoms with Gasteiger partial charge in [0.2, 0.25) is 11.8 Å². The van der Waals surface area contributed by atoms with Crippen LogP contribution in [-0.2, 0) is 22.7 Å². The van der Waals surface area contributed by atoms with Crippen LogP contribution in [-0.4, -0.2) is 38.9 Å². The fourth-order valence-electron chi connectivity index (χ4n) is 2.49. The van der Waals surface area contributed by atoms with Gasteiger partial charge in [0.25, 0.3) is 0 Å². The van der Waals surface area contributed by atoms with Crippen molar-refractivity contribution in [2.75, 3.05) is 6.54 Å². The molecule has 0 saturated carbocycles. The summed E-state index contributed by atoms with van der Waals surface area (Å²) in [6, 6.07) is 9.78. The van der Waals surface area contributed by atoms with Crippen LogP contribution in [0, 0.1) is 0 Å². The van der Waals surface area contributed by atoms with Crippen LogP contribution >= 0.6 is 0 Å². The van der Waals surface area contributed by atoms with Gasteiger partial charge in [-0.15, -0.1) is 0 Å². The second kappa shape index (κ2) is 8.86. The highest BCUT2D eigenvalue weighted by molar-refractivity contribution is 5.78. The summed E-state index contributed by atoms with van der Waals surface area (Å²) in [5.41, 5.74) is 1.06. The lowest BCUT2D eigenvalue weighted by molar-refractivity contribution is -0.130. The third-order valence-corrected chi connectivity index (χ3v) is 3.72. The maximum absolute atomic E-state index is 12.1. The number of nitrogens with zero attached hydrogens (tertiary/aromatic N) is 3. The molecule has 0 radical (unpaired) electrons. The van der Waals surface area contributed by atoms with E-state index in [1.54, 1.807) is 17.4 Å². The number of imidazole rings is 1. The summed E-state index contributed by atoms with van der Waals surface area (Å²) in [5, 5.41) is 2.95. The van der Waals surface area contributed by atoms with Crippen molar-refractivity contribution in [3.63, 3.8) is 0 Å². The molecular weight excluding hydrogens is 304 g/mol. The smallest absolute Gasteiger partial charge is 0.222 e. The summed E-state index contributed by atoms with van der Waals surface area (Å²) < 4.78 is 1.92. The van der Waals surface area contributed by atoms with Crippen molar-refractivity contribution in [2.24, 2.45) is 0 Å². The molecule has 0 unspecified atom stereocenters. The lowest BCUT2D eigenvalue weighted by Crippen LogP contribution is -2.38. The van der Waals surface area contributed by atoms with Gasteiger partial charge in [-0.05, 0) is 12.5 Å². The van der Waals surface area contributed by atoms with Crippen molar-refractivity contribution >= 4 is 11.8 Å². The highest BCUT2D eigenvalue weighted by atomic mass is 16.2. The molecule has 24 heavy (non-hydrogen) atoms. The largest absolute Gasteiger partial charge is 0.352 e. The number of hydrogen-bond donors (Lipinski definition) is 1. The third-order valence-electron chi connectivity index (χ3n) is 3.72. The van der Waals surface area contributed by atoms with Crippen molar-refractivity contribution in [2.45, 2.75) is 39.4 Å². The number of carbonyl (C=O) groups excluding carboxylic acids is 2. The Hall–Kier alpha value is -2.63. The van der Waals surface area contributed by atoms with E-state index in [1.165, 1.54) is 6.92 Å². The lowest BCUT2D eigenvalue weighted by Gasteiger charge is -2.21. The summed E-state index contributed by atoms with van der Waals surface area (Å²) in [6.07, 6.45) is 5.59. The Bertz CT molecular complexity index is 640. The predicted molar refractivity (Wildman–Crippen MR) is 92.0 cm³/mol. The Kier molecular flexibility index (Phi) is 6.54. The number of carbonyl (C=O) groups is 2. The maximum atomic E-state index is 12.1. The van der Waals surface area contributed by atoms with Gasteiger partial charge in [0.15, 0.2) is 0 Å². The minimum Gasteiger partial charge on any atom is -0.352 e. The number of benzene rings is 1. The van der Waals surface area contributed by atoms with E-state index in [0.29, 0.717) is 26.1 Å². The van der Waals surface area contributed by atoms with E-state index in [9.17, 15) is 9.59 Å². The van der Waals surface area contributed by atoms with Gasteiger partial charge in [0.05, 0.1) is 6.33 Å². The Balaban J connectivity index is 1.78. The monoisotopic (exact) mass is 328 g/mol. The molecule has 2 rings (SSSR count). The molecule has 2 aromatic rings. The molecular formula is C18H24N4O2. The van der Waals surface area contributed by atoms with Gasteiger partial charge in [-0.2, -0.15) is 0 Å². The first-order chi connectivity index (χ1) is 11.5. The summed E-state index contributed by atoms with van der Waals surface area (Å²) >= 11 is 0. The van der Waals surface area contributed by atoms with Crippen LogP contribution in [0.5, 0.6) is 0 Å². The van der Waals surface area contributed by atoms with Crippen molar-refractivity contribution in [1.29, 1.82) is 0 Å². The van der Waals surface area contributed by atoms with Crippen molar-refractivity contribution in [3.8, 4) is 0 Å². The minimum atomic E-state index is -0.0538. The van der Waals surface area contributed by atoms with E-state index < -0.39 is 0 Å². The van der Waals surface area contributed by atoms with Gasteiger partial charge >= 0.3 is 0 Å². The Morgan fingerprint density at radius 2 is 2.04 bits per heavy atom. The van der Waals surface area contributed by atoms with Crippen molar-refractivity contribution in [1.82, 2.24) is 19.8 Å². The van der Waals surface area contributed by atoms with E-state index in [1.807, 2.05) is 48.0 Å². The second-order valence-electron chi connectivity index (χ2n) is 5.90. The molecule has 0 aliphatic rings. The molecule has 0 aliphatic carbocycles. The fraction of sp³-hybridized carbons (Fsp3) is 0.389. The Morgan fingerprint density at radius 1 is 1.29 bits per heavy atom. The zero-order valence-electron chi connectivity index (χ0n) is 14.2. The first-order valence-electron chi connectivity index (χ1n) is 8.09. The minimum absolute atomic E-state index is 0.00611. The molecule has 128 valence electrons. The van der Waals surface area contributed by atoms with Crippen LogP contribution in [0.1, 0.15) is 25.8 Å². The van der Waals surface area contributed by atoms with Crippen LogP contribution in [0.25, 0.3) is 0 Å². The van der Waals surface area contributed by atoms with Gasteiger partial charge in [-0.1, -0.05) is 30.3 Å². The molecule has 6 heteroatoms. The molecule has 1 aromatic heterocycles. The Morgan fingerprint density at radius 3 is 2.67 bits per heavy atom. The molecule has 1 atom stereocenters. The number of amides is 2. The summed E-state index contributed by atoms with van der Waals surface area (Å²) in [7, 11) is 0. The first kappa shape index (κ1) is 17.7. The standard InChI is InChI=1S/C18H24N4O2/c1-15(12-21-11-9-19-14-21)20-18(24)8-10-22(16(2)23)13-17-6-4-3-5-7-17/h3-7,9,11,14-15H,8,10,12-13H2,1-2H3,(H,20,24)/t15-/m0/s1. The number of rotatable bonds is 8. The second-order valence-corrected chi connectivity index (χ2v) is 5.90. The van der Waals surface area contributed by atoms with Crippen molar-refractivity contribution < 1.29 is 9.59 Å². The predicted octanol–water partition coefficient (Wildman–Crippen LogP) is 1.83. The van der Waals surface area contributed by atoms with E-state index in [2.05, 4.69) is 10.3 Å². The zero-order valence-corrected chi connectivity index (χ0v) is 14.2. The van der Waals surface area contributed by atoms with E-state index in [-0.39, 0.29) is 17.9 Å². The average Bonchev–Trinajstić information content (AvgIpc) is 3.04. The molecule has 0 bridgehead atoms. The molecule has 0 spiro atoms. The summed E-state index contributed by atoms with van der Waals surface area (Å²) in [5.74, 6) is -0.0833. The number of nitrogens with one attached hydrogen (secondary N) is 1. The molecule has 0 aliphatic heterocycles. The van der Waals surface area contributed by atoms with E-state index in [0.717, 1.165) is 5.56 Å². The molecule has 1 heterocycles. The Labute approximate surface area is 142 Å². The highest BCUT2D eigenvalue weighted by Gasteiger charge is 2.13. The normalized spacial score (nSPS) is 11.8. The van der Waals surface area contributed by atoms with Crippen molar-refractivity contribution in [3.05, 3.63) is 54.6 Å². The third kappa shape index (κ3) is 5.87. The maximum Gasteiger partial charge on any atom is 0.222 e. The molecule has 0 fully saturated rings. The SMILES string of the molecule is CC(=O)N(CCC(=O)N[C@@H](C)Cn1ccnc1)Cc1ccccc1.